The summed E-state index contributed by atoms with van der Waals surface area (Å²) in [5, 5.41) is 3.16. The molecule has 30 heavy (non-hydrogen) atoms. The highest BCUT2D eigenvalue weighted by Gasteiger charge is 2.58. The van der Waals surface area contributed by atoms with E-state index in [9.17, 15) is 18.0 Å². The first-order valence-corrected chi connectivity index (χ1v) is 12.0. The summed E-state index contributed by atoms with van der Waals surface area (Å²) in [7, 11) is -3.77. The third-order valence-electron chi connectivity index (χ3n) is 7.08. The molecule has 0 aromatic carbocycles. The van der Waals surface area contributed by atoms with Crippen LogP contribution >= 0.6 is 0 Å². The molecule has 4 bridgehead atoms. The predicted molar refractivity (Wildman–Crippen MR) is 110 cm³/mol. The van der Waals surface area contributed by atoms with E-state index >= 15 is 0 Å². The van der Waals surface area contributed by atoms with Crippen LogP contribution in [0.25, 0.3) is 0 Å². The minimum atomic E-state index is -3.77. The first-order valence-electron chi connectivity index (χ1n) is 10.5. The summed E-state index contributed by atoms with van der Waals surface area (Å²) in [6, 6.07) is 3.06. The number of hydrogen-bond donors (Lipinski definition) is 3. The highest BCUT2D eigenvalue weighted by atomic mass is 32.2. The molecule has 2 amide bonds. The second-order valence-electron chi connectivity index (χ2n) is 10.1. The first-order chi connectivity index (χ1) is 14.0. The van der Waals surface area contributed by atoms with Crippen LogP contribution in [0.15, 0.2) is 29.4 Å². The topological polar surface area (TPSA) is 131 Å². The molecule has 0 spiro atoms. The van der Waals surface area contributed by atoms with Crippen LogP contribution in [0, 0.1) is 23.2 Å². The Morgan fingerprint density at radius 1 is 1.23 bits per heavy atom. The molecule has 0 aliphatic heterocycles. The quantitative estimate of drug-likeness (QED) is 0.596. The van der Waals surface area contributed by atoms with Gasteiger partial charge in [0.15, 0.2) is 0 Å². The van der Waals surface area contributed by atoms with Gasteiger partial charge in [0.05, 0.1) is 0 Å². The molecule has 4 fully saturated rings. The predicted octanol–water partition coefficient (Wildman–Crippen LogP) is 1.33. The zero-order valence-corrected chi connectivity index (χ0v) is 18.2. The first kappa shape index (κ1) is 21.2. The number of sulfonamides is 1. The number of hydrogen-bond acceptors (Lipinski definition) is 5. The van der Waals surface area contributed by atoms with Crippen LogP contribution in [0.4, 0.5) is 0 Å². The van der Waals surface area contributed by atoms with E-state index in [1.54, 1.807) is 19.9 Å². The van der Waals surface area contributed by atoms with Gasteiger partial charge in [-0.2, -0.15) is 0 Å². The minimum Gasteiger partial charge on any atom is -0.369 e. The second-order valence-corrected chi connectivity index (χ2v) is 11.7. The number of carbonyl (C=O) groups is 2. The van der Waals surface area contributed by atoms with Crippen LogP contribution in [0.3, 0.4) is 0 Å². The summed E-state index contributed by atoms with van der Waals surface area (Å²) < 4.78 is 27.8. The summed E-state index contributed by atoms with van der Waals surface area (Å²) in [6.07, 6.45) is 7.23. The smallest absolute Gasteiger partial charge is 0.242 e. The molecule has 0 radical (unpaired) electrons. The largest absolute Gasteiger partial charge is 0.369 e. The minimum absolute atomic E-state index is 0.0207. The van der Waals surface area contributed by atoms with Gasteiger partial charge in [0.2, 0.25) is 21.8 Å². The molecule has 2 unspecified atom stereocenters. The average Bonchev–Trinajstić information content (AvgIpc) is 2.63. The number of nitrogens with two attached hydrogens (primary N) is 1. The van der Waals surface area contributed by atoms with Crippen LogP contribution in [0.5, 0.6) is 0 Å². The average molecular weight is 435 g/mol. The Bertz CT molecular complexity index is 931. The molecule has 4 saturated carbocycles. The lowest BCUT2D eigenvalue weighted by molar-refractivity contribution is -0.147. The molecule has 1 aromatic heterocycles. The van der Waals surface area contributed by atoms with Crippen LogP contribution in [-0.2, 0) is 19.6 Å². The number of primary amides is 1. The second kappa shape index (κ2) is 7.30. The number of nitrogens with one attached hydrogen (secondary N) is 2. The number of carbonyl (C=O) groups excluding carboxylic acids is 2. The lowest BCUT2D eigenvalue weighted by Crippen LogP contribution is -2.62. The van der Waals surface area contributed by atoms with Crippen molar-refractivity contribution < 1.29 is 18.0 Å². The van der Waals surface area contributed by atoms with Crippen molar-refractivity contribution in [3.05, 3.63) is 24.5 Å². The fraction of sp³-hybridized carbons (Fsp3) is 0.667. The molecule has 4 aliphatic carbocycles. The number of rotatable bonds is 7. The maximum absolute atomic E-state index is 12.8. The molecule has 2 atom stereocenters. The molecule has 9 heteroatoms. The van der Waals surface area contributed by atoms with E-state index in [-0.39, 0.29) is 41.0 Å². The van der Waals surface area contributed by atoms with E-state index in [0.29, 0.717) is 5.92 Å². The Morgan fingerprint density at radius 2 is 1.90 bits per heavy atom. The summed E-state index contributed by atoms with van der Waals surface area (Å²) >= 11 is 0. The molecular weight excluding hydrogens is 404 g/mol. The molecule has 4 aliphatic rings. The van der Waals surface area contributed by atoms with Gasteiger partial charge in [0, 0.05) is 35.8 Å². The monoisotopic (exact) mass is 434 g/mol. The normalized spacial score (nSPS) is 32.7. The Hall–Kier alpha value is -2.00. The zero-order chi connectivity index (χ0) is 21.7. The van der Waals surface area contributed by atoms with Crippen molar-refractivity contribution >= 4 is 21.8 Å². The van der Waals surface area contributed by atoms with Gasteiger partial charge < -0.3 is 11.1 Å². The lowest BCUT2D eigenvalue weighted by Gasteiger charge is -2.58. The molecule has 5 rings (SSSR count). The highest BCUT2D eigenvalue weighted by Crippen LogP contribution is 2.59. The number of pyridine rings is 1. The summed E-state index contributed by atoms with van der Waals surface area (Å²) in [4.78, 5) is 28.8. The fourth-order valence-corrected chi connectivity index (χ4v) is 7.54. The van der Waals surface area contributed by atoms with E-state index in [1.807, 2.05) is 0 Å². The Kier molecular flexibility index (Phi) is 5.17. The van der Waals surface area contributed by atoms with Crippen molar-refractivity contribution in [1.29, 1.82) is 0 Å². The van der Waals surface area contributed by atoms with Gasteiger partial charge in [-0.25, -0.2) is 13.1 Å². The standard InChI is InChI=1S/C21H30N4O4S/c1-20(2,25-30(28,29)16-4-3-5-23-12-16)11-17(26)24-18-14-6-13-7-15(18)10-21(8-13,9-14)19(22)27/h3-5,12-15,18,25H,6-11H2,1-2H3,(H2,22,27)(H,24,26). The van der Waals surface area contributed by atoms with Gasteiger partial charge in [-0.05, 0) is 75.8 Å². The van der Waals surface area contributed by atoms with E-state index in [0.717, 1.165) is 32.1 Å². The van der Waals surface area contributed by atoms with Gasteiger partial charge in [0.1, 0.15) is 4.90 Å². The van der Waals surface area contributed by atoms with Crippen LogP contribution in [-0.4, -0.2) is 36.8 Å². The van der Waals surface area contributed by atoms with Crippen LogP contribution in [0.1, 0.15) is 52.4 Å². The summed E-state index contributed by atoms with van der Waals surface area (Å²) in [6.45, 7) is 3.39. The summed E-state index contributed by atoms with van der Waals surface area (Å²) in [5.74, 6) is 0.675. The maximum Gasteiger partial charge on any atom is 0.242 e. The molecule has 1 heterocycles. The van der Waals surface area contributed by atoms with E-state index in [1.165, 1.54) is 18.5 Å². The molecule has 4 N–H and O–H groups in total. The van der Waals surface area contributed by atoms with E-state index < -0.39 is 21.0 Å². The maximum atomic E-state index is 12.8. The van der Waals surface area contributed by atoms with E-state index in [4.69, 9.17) is 5.73 Å². The van der Waals surface area contributed by atoms with Gasteiger partial charge in [0.25, 0.3) is 0 Å². The third kappa shape index (κ3) is 3.97. The Balaban J connectivity index is 1.40. The molecule has 0 saturated heterocycles. The van der Waals surface area contributed by atoms with Gasteiger partial charge in [-0.3, -0.25) is 14.6 Å². The van der Waals surface area contributed by atoms with Crippen LogP contribution < -0.4 is 15.8 Å². The van der Waals surface area contributed by atoms with Crippen molar-refractivity contribution in [1.82, 2.24) is 15.0 Å². The molecule has 8 nitrogen and oxygen atoms in total. The van der Waals surface area contributed by atoms with Crippen molar-refractivity contribution in [3.63, 3.8) is 0 Å². The molecular formula is C21H30N4O4S. The highest BCUT2D eigenvalue weighted by molar-refractivity contribution is 7.89. The fourth-order valence-electron chi connectivity index (χ4n) is 6.16. The number of amides is 2. The van der Waals surface area contributed by atoms with E-state index in [2.05, 4.69) is 15.0 Å². The molecule has 164 valence electrons. The SMILES string of the molecule is CC(C)(CC(=O)NC1C2CC3CC1CC(C(N)=O)(C3)C2)NS(=O)(=O)c1cccnc1. The lowest BCUT2D eigenvalue weighted by atomic mass is 9.47. The van der Waals surface area contributed by atoms with Crippen molar-refractivity contribution in [2.75, 3.05) is 0 Å². The van der Waals surface area contributed by atoms with Crippen LogP contribution in [0.2, 0.25) is 0 Å². The zero-order valence-electron chi connectivity index (χ0n) is 17.4. The Labute approximate surface area is 177 Å². The number of nitrogens with zero attached hydrogens (tertiary/aromatic N) is 1. The number of aromatic nitrogens is 1. The van der Waals surface area contributed by atoms with Crippen molar-refractivity contribution in [3.8, 4) is 0 Å². The van der Waals surface area contributed by atoms with Crippen molar-refractivity contribution in [2.24, 2.45) is 28.9 Å². The third-order valence-corrected chi connectivity index (χ3v) is 8.76. The molecule has 1 aromatic rings. The Morgan fingerprint density at radius 3 is 2.47 bits per heavy atom. The summed E-state index contributed by atoms with van der Waals surface area (Å²) in [5.41, 5.74) is 4.38. The van der Waals surface area contributed by atoms with Crippen molar-refractivity contribution in [2.45, 2.75) is 68.8 Å². The van der Waals surface area contributed by atoms with Gasteiger partial charge >= 0.3 is 0 Å². The van der Waals surface area contributed by atoms with Gasteiger partial charge in [-0.1, -0.05) is 0 Å². The van der Waals surface area contributed by atoms with Gasteiger partial charge in [-0.15, -0.1) is 0 Å².